The maximum Gasteiger partial charge on any atom is 0.274 e. The Morgan fingerprint density at radius 3 is 2.46 bits per heavy atom. The van der Waals surface area contributed by atoms with Gasteiger partial charge in [0.15, 0.2) is 0 Å². The first-order chi connectivity index (χ1) is 11.7. The highest BCUT2D eigenvalue weighted by molar-refractivity contribution is 5.93. The maximum absolute atomic E-state index is 11.6. The van der Waals surface area contributed by atoms with E-state index in [0.717, 1.165) is 11.3 Å². The van der Waals surface area contributed by atoms with Crippen LogP contribution in [0.15, 0.2) is 54.6 Å². The zero-order valence-corrected chi connectivity index (χ0v) is 13.1. The van der Waals surface area contributed by atoms with E-state index >= 15 is 0 Å². The molecule has 0 radical (unpaired) electrons. The van der Waals surface area contributed by atoms with Crippen molar-refractivity contribution in [2.24, 2.45) is 0 Å². The third-order valence-corrected chi connectivity index (χ3v) is 4.16. The van der Waals surface area contributed by atoms with Crippen LogP contribution in [0.2, 0.25) is 0 Å². The standard InChI is InChI=1S/C18H19N3O3/c22-17-10-16(11-19-17)21(12-13-4-2-1-3-5-13)15-8-6-14(7-9-15)18(23)20-24/h1-9,16,24H,10-12H2,(H,19,22)(H,20,23). The minimum absolute atomic E-state index is 0.0503. The molecule has 24 heavy (non-hydrogen) atoms. The van der Waals surface area contributed by atoms with Crippen molar-refractivity contribution in [1.29, 1.82) is 0 Å². The summed E-state index contributed by atoms with van der Waals surface area (Å²) in [6.07, 6.45) is 0.450. The van der Waals surface area contributed by atoms with E-state index in [0.29, 0.717) is 25.1 Å². The average molecular weight is 325 g/mol. The number of hydroxylamine groups is 1. The largest absolute Gasteiger partial charge is 0.362 e. The number of nitrogens with one attached hydrogen (secondary N) is 2. The smallest absolute Gasteiger partial charge is 0.274 e. The Labute approximate surface area is 140 Å². The molecule has 6 nitrogen and oxygen atoms in total. The minimum Gasteiger partial charge on any atom is -0.362 e. The molecule has 0 spiro atoms. The van der Waals surface area contributed by atoms with Gasteiger partial charge in [-0.2, -0.15) is 0 Å². The molecule has 1 aliphatic rings. The monoisotopic (exact) mass is 325 g/mol. The molecule has 0 aromatic heterocycles. The van der Waals surface area contributed by atoms with Crippen LogP contribution in [0.1, 0.15) is 22.3 Å². The first-order valence-electron chi connectivity index (χ1n) is 7.79. The summed E-state index contributed by atoms with van der Waals surface area (Å²) in [5.74, 6) is -0.497. The molecular formula is C18H19N3O3. The van der Waals surface area contributed by atoms with E-state index in [4.69, 9.17) is 5.21 Å². The number of carbonyl (C=O) groups is 2. The molecule has 0 aliphatic carbocycles. The van der Waals surface area contributed by atoms with Gasteiger partial charge in [0.1, 0.15) is 0 Å². The third kappa shape index (κ3) is 3.55. The molecule has 2 amide bonds. The summed E-state index contributed by atoms with van der Waals surface area (Å²) in [6, 6.07) is 17.1. The van der Waals surface area contributed by atoms with Crippen LogP contribution < -0.4 is 15.7 Å². The molecule has 1 unspecified atom stereocenters. The second-order valence-electron chi connectivity index (χ2n) is 5.76. The molecule has 124 valence electrons. The fourth-order valence-electron chi connectivity index (χ4n) is 2.89. The molecule has 2 aromatic rings. The lowest BCUT2D eigenvalue weighted by atomic mass is 10.1. The summed E-state index contributed by atoms with van der Waals surface area (Å²) >= 11 is 0. The number of benzene rings is 2. The highest BCUT2D eigenvalue weighted by Gasteiger charge is 2.27. The van der Waals surface area contributed by atoms with Crippen molar-refractivity contribution in [3.8, 4) is 0 Å². The van der Waals surface area contributed by atoms with E-state index in [9.17, 15) is 9.59 Å². The van der Waals surface area contributed by atoms with Crippen LogP contribution in [-0.4, -0.2) is 29.6 Å². The summed E-state index contributed by atoms with van der Waals surface area (Å²) in [7, 11) is 0. The maximum atomic E-state index is 11.6. The van der Waals surface area contributed by atoms with Gasteiger partial charge in [0.25, 0.3) is 5.91 Å². The predicted octanol–water partition coefficient (Wildman–Crippen LogP) is 1.70. The van der Waals surface area contributed by atoms with Gasteiger partial charge in [-0.05, 0) is 29.8 Å². The van der Waals surface area contributed by atoms with Crippen LogP contribution in [0.5, 0.6) is 0 Å². The summed E-state index contributed by atoms with van der Waals surface area (Å²) in [5.41, 5.74) is 4.07. The number of nitrogens with zero attached hydrogens (tertiary/aromatic N) is 1. The summed E-state index contributed by atoms with van der Waals surface area (Å²) in [6.45, 7) is 1.27. The number of hydrogen-bond acceptors (Lipinski definition) is 4. The molecule has 1 heterocycles. The highest BCUT2D eigenvalue weighted by Crippen LogP contribution is 2.24. The Balaban J connectivity index is 1.86. The Morgan fingerprint density at radius 1 is 1.17 bits per heavy atom. The first-order valence-corrected chi connectivity index (χ1v) is 7.79. The first kappa shape index (κ1) is 16.0. The lowest BCUT2D eigenvalue weighted by Gasteiger charge is -2.30. The molecule has 0 bridgehead atoms. The van der Waals surface area contributed by atoms with E-state index in [1.165, 1.54) is 0 Å². The lowest BCUT2D eigenvalue weighted by molar-refractivity contribution is -0.119. The van der Waals surface area contributed by atoms with Crippen LogP contribution in [0, 0.1) is 0 Å². The Kier molecular flexibility index (Phi) is 4.77. The van der Waals surface area contributed by atoms with E-state index in [1.54, 1.807) is 17.6 Å². The zero-order chi connectivity index (χ0) is 16.9. The molecule has 6 heteroatoms. The van der Waals surface area contributed by atoms with Crippen molar-refractivity contribution in [3.05, 3.63) is 65.7 Å². The zero-order valence-electron chi connectivity index (χ0n) is 13.1. The molecule has 1 atom stereocenters. The molecule has 0 saturated carbocycles. The Bertz CT molecular complexity index is 716. The number of carbonyl (C=O) groups excluding carboxylic acids is 2. The van der Waals surface area contributed by atoms with Crippen LogP contribution >= 0.6 is 0 Å². The van der Waals surface area contributed by atoms with Crippen LogP contribution in [-0.2, 0) is 11.3 Å². The van der Waals surface area contributed by atoms with Crippen molar-refractivity contribution < 1.29 is 14.8 Å². The molecule has 1 fully saturated rings. The summed E-state index contributed by atoms with van der Waals surface area (Å²) in [4.78, 5) is 25.2. The topological polar surface area (TPSA) is 81.7 Å². The predicted molar refractivity (Wildman–Crippen MR) is 89.7 cm³/mol. The molecular weight excluding hydrogens is 306 g/mol. The molecule has 2 aromatic carbocycles. The van der Waals surface area contributed by atoms with E-state index < -0.39 is 5.91 Å². The highest BCUT2D eigenvalue weighted by atomic mass is 16.5. The van der Waals surface area contributed by atoms with Crippen molar-refractivity contribution in [2.45, 2.75) is 19.0 Å². The molecule has 3 N–H and O–H groups in total. The van der Waals surface area contributed by atoms with Gasteiger partial charge in [-0.25, -0.2) is 5.48 Å². The van der Waals surface area contributed by atoms with Crippen molar-refractivity contribution in [1.82, 2.24) is 10.8 Å². The van der Waals surface area contributed by atoms with Gasteiger partial charge in [-0.15, -0.1) is 0 Å². The van der Waals surface area contributed by atoms with Gasteiger partial charge in [0.2, 0.25) is 5.91 Å². The fourth-order valence-corrected chi connectivity index (χ4v) is 2.89. The Morgan fingerprint density at radius 2 is 1.88 bits per heavy atom. The van der Waals surface area contributed by atoms with E-state index in [2.05, 4.69) is 10.2 Å². The molecule has 3 rings (SSSR count). The Hall–Kier alpha value is -2.86. The summed E-state index contributed by atoms with van der Waals surface area (Å²) in [5, 5.41) is 11.6. The van der Waals surface area contributed by atoms with Gasteiger partial charge in [0, 0.05) is 30.8 Å². The van der Waals surface area contributed by atoms with Gasteiger partial charge >= 0.3 is 0 Å². The molecule has 1 saturated heterocycles. The molecule has 1 aliphatic heterocycles. The number of rotatable bonds is 5. The van der Waals surface area contributed by atoms with E-state index in [-0.39, 0.29) is 11.9 Å². The van der Waals surface area contributed by atoms with E-state index in [1.807, 2.05) is 42.5 Å². The number of amides is 2. The normalized spacial score (nSPS) is 16.5. The van der Waals surface area contributed by atoms with Gasteiger partial charge in [-0.1, -0.05) is 30.3 Å². The number of hydrogen-bond donors (Lipinski definition) is 3. The second kappa shape index (κ2) is 7.14. The fraction of sp³-hybridized carbons (Fsp3) is 0.222. The lowest BCUT2D eigenvalue weighted by Crippen LogP contribution is -2.36. The van der Waals surface area contributed by atoms with Crippen molar-refractivity contribution >= 4 is 17.5 Å². The summed E-state index contributed by atoms with van der Waals surface area (Å²) < 4.78 is 0. The van der Waals surface area contributed by atoms with Gasteiger partial charge in [-0.3, -0.25) is 14.8 Å². The second-order valence-corrected chi connectivity index (χ2v) is 5.76. The van der Waals surface area contributed by atoms with Crippen molar-refractivity contribution in [3.63, 3.8) is 0 Å². The third-order valence-electron chi connectivity index (χ3n) is 4.16. The average Bonchev–Trinajstić information content (AvgIpc) is 3.06. The van der Waals surface area contributed by atoms with Crippen LogP contribution in [0.4, 0.5) is 5.69 Å². The van der Waals surface area contributed by atoms with Crippen LogP contribution in [0.3, 0.4) is 0 Å². The van der Waals surface area contributed by atoms with Gasteiger partial charge in [0.05, 0.1) is 6.04 Å². The minimum atomic E-state index is -0.547. The quantitative estimate of drug-likeness (QED) is 0.577. The van der Waals surface area contributed by atoms with Crippen molar-refractivity contribution in [2.75, 3.05) is 11.4 Å². The SMILES string of the molecule is O=C1CC(N(Cc2ccccc2)c2ccc(C(=O)NO)cc2)CN1. The van der Waals surface area contributed by atoms with Gasteiger partial charge < -0.3 is 10.2 Å². The number of anilines is 1. The van der Waals surface area contributed by atoms with Crippen LogP contribution in [0.25, 0.3) is 0 Å².